The predicted octanol–water partition coefficient (Wildman–Crippen LogP) is 0.900. The lowest BCUT2D eigenvalue weighted by Crippen LogP contribution is -2.41. The van der Waals surface area contributed by atoms with Crippen molar-refractivity contribution in [3.63, 3.8) is 0 Å². The molecule has 8 nitrogen and oxygen atoms in total. The number of rotatable bonds is 5. The number of methoxy groups -OCH3 is 2. The van der Waals surface area contributed by atoms with Gasteiger partial charge in [0.15, 0.2) is 0 Å². The molecule has 0 spiro atoms. The van der Waals surface area contributed by atoms with E-state index in [0.29, 0.717) is 31.9 Å². The van der Waals surface area contributed by atoms with Crippen LogP contribution in [0, 0.1) is 6.92 Å². The average Bonchev–Trinajstić information content (AvgIpc) is 2.90. The summed E-state index contributed by atoms with van der Waals surface area (Å²) >= 11 is 1.00. The number of nitrogens with zero attached hydrogens (tertiary/aromatic N) is 1. The number of anilines is 1. The molecule has 2 heterocycles. The molecule has 1 fully saturated rings. The van der Waals surface area contributed by atoms with E-state index in [2.05, 4.69) is 5.32 Å². The number of hydrogen-bond donors (Lipinski definition) is 1. The molecule has 1 amide bonds. The highest BCUT2D eigenvalue weighted by molar-refractivity contribution is 7.18. The first-order valence-corrected chi connectivity index (χ1v) is 8.19. The minimum Gasteiger partial charge on any atom is -0.465 e. The second kappa shape index (κ2) is 8.22. The third-order valence-corrected chi connectivity index (χ3v) is 4.82. The molecule has 1 aliphatic rings. The van der Waals surface area contributed by atoms with Crippen LogP contribution in [0.5, 0.6) is 0 Å². The summed E-state index contributed by atoms with van der Waals surface area (Å²) in [5.41, 5.74) is 0.610. The molecular formula is C15H20N2O6S. The highest BCUT2D eigenvalue weighted by atomic mass is 32.1. The maximum Gasteiger partial charge on any atom is 0.348 e. The SMILES string of the molecule is COC(=O)c1sc(NC(=O)CN2CCOCC2)c(C(=O)OC)c1C. The number of morpholine rings is 1. The number of amides is 1. The Hall–Kier alpha value is -1.97. The molecule has 0 atom stereocenters. The van der Waals surface area contributed by atoms with Gasteiger partial charge >= 0.3 is 11.9 Å². The first kappa shape index (κ1) is 18.4. The lowest BCUT2D eigenvalue weighted by atomic mass is 10.1. The first-order chi connectivity index (χ1) is 11.5. The molecule has 0 bridgehead atoms. The minimum absolute atomic E-state index is 0.179. The van der Waals surface area contributed by atoms with Gasteiger partial charge in [-0.3, -0.25) is 9.69 Å². The zero-order valence-electron chi connectivity index (χ0n) is 13.8. The van der Waals surface area contributed by atoms with Gasteiger partial charge < -0.3 is 19.5 Å². The molecule has 0 unspecified atom stereocenters. The van der Waals surface area contributed by atoms with Crippen molar-refractivity contribution < 1.29 is 28.6 Å². The number of nitrogens with one attached hydrogen (secondary N) is 1. The summed E-state index contributed by atoms with van der Waals surface area (Å²) in [4.78, 5) is 38.3. The van der Waals surface area contributed by atoms with Crippen LogP contribution in [0.1, 0.15) is 25.6 Å². The summed E-state index contributed by atoms with van der Waals surface area (Å²) in [7, 11) is 2.51. The minimum atomic E-state index is -0.611. The Kier molecular flexibility index (Phi) is 6.29. The van der Waals surface area contributed by atoms with Gasteiger partial charge in [-0.2, -0.15) is 0 Å². The summed E-state index contributed by atoms with van der Waals surface area (Å²) < 4.78 is 14.7. The molecule has 9 heteroatoms. The summed E-state index contributed by atoms with van der Waals surface area (Å²) in [5, 5.41) is 2.99. The Labute approximate surface area is 143 Å². The van der Waals surface area contributed by atoms with Gasteiger partial charge in [-0.15, -0.1) is 11.3 Å². The predicted molar refractivity (Wildman–Crippen MR) is 87.6 cm³/mol. The third kappa shape index (κ3) is 4.11. The molecule has 0 aliphatic carbocycles. The van der Waals surface area contributed by atoms with Crippen molar-refractivity contribution in [3.05, 3.63) is 16.0 Å². The Bertz CT molecular complexity index is 636. The molecule has 0 aromatic carbocycles. The van der Waals surface area contributed by atoms with Gasteiger partial charge in [0, 0.05) is 13.1 Å². The van der Waals surface area contributed by atoms with Crippen LogP contribution in [0.15, 0.2) is 0 Å². The van der Waals surface area contributed by atoms with E-state index in [4.69, 9.17) is 14.2 Å². The zero-order chi connectivity index (χ0) is 17.7. The molecule has 1 aromatic rings. The summed E-state index contributed by atoms with van der Waals surface area (Å²) in [5.74, 6) is -1.43. The molecule has 0 saturated carbocycles. The van der Waals surface area contributed by atoms with E-state index in [1.54, 1.807) is 6.92 Å². The molecule has 1 N–H and O–H groups in total. The normalized spacial score (nSPS) is 15.0. The maximum atomic E-state index is 12.2. The summed E-state index contributed by atoms with van der Waals surface area (Å²) in [6, 6.07) is 0. The van der Waals surface area contributed by atoms with Crippen LogP contribution in [-0.2, 0) is 19.0 Å². The van der Waals surface area contributed by atoms with Crippen LogP contribution in [0.25, 0.3) is 0 Å². The number of hydrogen-bond acceptors (Lipinski definition) is 8. The number of thiophene rings is 1. The van der Waals surface area contributed by atoms with Gasteiger partial charge in [-0.1, -0.05) is 0 Å². The van der Waals surface area contributed by atoms with E-state index in [1.165, 1.54) is 14.2 Å². The molecule has 1 aliphatic heterocycles. The van der Waals surface area contributed by atoms with Gasteiger partial charge in [0.1, 0.15) is 9.88 Å². The lowest BCUT2D eigenvalue weighted by molar-refractivity contribution is -0.118. The fourth-order valence-corrected chi connectivity index (χ4v) is 3.49. The van der Waals surface area contributed by atoms with E-state index in [9.17, 15) is 14.4 Å². The number of ether oxygens (including phenoxy) is 3. The lowest BCUT2D eigenvalue weighted by Gasteiger charge is -2.25. The second-order valence-electron chi connectivity index (χ2n) is 5.18. The Morgan fingerprint density at radius 2 is 1.79 bits per heavy atom. The van der Waals surface area contributed by atoms with E-state index >= 15 is 0 Å². The van der Waals surface area contributed by atoms with Crippen LogP contribution in [0.2, 0.25) is 0 Å². The highest BCUT2D eigenvalue weighted by Gasteiger charge is 2.27. The number of esters is 2. The molecule has 132 valence electrons. The van der Waals surface area contributed by atoms with Gasteiger partial charge in [0.25, 0.3) is 0 Å². The van der Waals surface area contributed by atoms with Gasteiger partial charge in [-0.25, -0.2) is 9.59 Å². The van der Waals surface area contributed by atoms with Crippen molar-refractivity contribution in [2.75, 3.05) is 52.4 Å². The second-order valence-corrected chi connectivity index (χ2v) is 6.20. The van der Waals surface area contributed by atoms with Crippen LogP contribution in [0.4, 0.5) is 5.00 Å². The van der Waals surface area contributed by atoms with Gasteiger partial charge in [0.05, 0.1) is 39.5 Å². The number of carbonyl (C=O) groups excluding carboxylic acids is 3. The van der Waals surface area contributed by atoms with Gasteiger partial charge in [0.2, 0.25) is 5.91 Å². The molecule has 1 aromatic heterocycles. The topological polar surface area (TPSA) is 94.2 Å². The molecule has 2 rings (SSSR count). The molecule has 0 radical (unpaired) electrons. The van der Waals surface area contributed by atoms with Crippen molar-refractivity contribution in [1.82, 2.24) is 4.90 Å². The fourth-order valence-electron chi connectivity index (χ4n) is 2.37. The molecule has 24 heavy (non-hydrogen) atoms. The quantitative estimate of drug-likeness (QED) is 0.783. The highest BCUT2D eigenvalue weighted by Crippen LogP contribution is 2.34. The summed E-state index contributed by atoms with van der Waals surface area (Å²) in [6.45, 7) is 4.33. The van der Waals surface area contributed by atoms with Crippen LogP contribution >= 0.6 is 11.3 Å². The van der Waals surface area contributed by atoms with Crippen LogP contribution in [0.3, 0.4) is 0 Å². The average molecular weight is 356 g/mol. The van der Waals surface area contributed by atoms with Crippen LogP contribution in [-0.4, -0.2) is 69.8 Å². The zero-order valence-corrected chi connectivity index (χ0v) is 14.7. The standard InChI is InChI=1S/C15H20N2O6S/c1-9-11(14(19)21-2)13(24-12(9)15(20)22-3)16-10(18)8-17-4-6-23-7-5-17/h4-8H2,1-3H3,(H,16,18). The van der Waals surface area contributed by atoms with E-state index in [-0.39, 0.29) is 27.9 Å². The van der Waals surface area contributed by atoms with Gasteiger partial charge in [-0.05, 0) is 12.5 Å². The maximum absolute atomic E-state index is 12.2. The van der Waals surface area contributed by atoms with Crippen molar-refractivity contribution in [3.8, 4) is 0 Å². The van der Waals surface area contributed by atoms with Crippen molar-refractivity contribution in [1.29, 1.82) is 0 Å². The summed E-state index contributed by atoms with van der Waals surface area (Å²) in [6.07, 6.45) is 0. The van der Waals surface area contributed by atoms with Crippen molar-refractivity contribution in [2.45, 2.75) is 6.92 Å². The van der Waals surface area contributed by atoms with E-state index < -0.39 is 11.9 Å². The third-order valence-electron chi connectivity index (χ3n) is 3.63. The Morgan fingerprint density at radius 1 is 1.17 bits per heavy atom. The monoisotopic (exact) mass is 356 g/mol. The molecular weight excluding hydrogens is 336 g/mol. The largest absolute Gasteiger partial charge is 0.465 e. The van der Waals surface area contributed by atoms with Crippen molar-refractivity contribution in [2.24, 2.45) is 0 Å². The Balaban J connectivity index is 2.19. The van der Waals surface area contributed by atoms with E-state index in [1.807, 2.05) is 4.90 Å². The first-order valence-electron chi connectivity index (χ1n) is 7.37. The van der Waals surface area contributed by atoms with E-state index in [0.717, 1.165) is 11.3 Å². The smallest absolute Gasteiger partial charge is 0.348 e. The fraction of sp³-hybridized carbons (Fsp3) is 0.533. The Morgan fingerprint density at radius 3 is 2.38 bits per heavy atom. The van der Waals surface area contributed by atoms with Crippen molar-refractivity contribution >= 4 is 34.2 Å². The number of carbonyl (C=O) groups is 3. The van der Waals surface area contributed by atoms with Crippen LogP contribution < -0.4 is 5.32 Å². The molecule has 1 saturated heterocycles.